The van der Waals surface area contributed by atoms with Crippen molar-refractivity contribution >= 4 is 40.3 Å². The SMILES string of the molecule is COc1c(C=O)sc2cc(S)ccc12. The zero-order valence-electron chi connectivity index (χ0n) is 7.48. The summed E-state index contributed by atoms with van der Waals surface area (Å²) in [7, 11) is 1.57. The van der Waals surface area contributed by atoms with E-state index in [0.29, 0.717) is 10.6 Å². The monoisotopic (exact) mass is 224 g/mol. The average Bonchev–Trinajstić information content (AvgIpc) is 2.54. The van der Waals surface area contributed by atoms with E-state index in [1.165, 1.54) is 11.3 Å². The lowest BCUT2D eigenvalue weighted by molar-refractivity contribution is 0.112. The number of aldehydes is 1. The minimum Gasteiger partial charge on any atom is -0.494 e. The third-order valence-corrected chi connectivity index (χ3v) is 3.30. The Morgan fingerprint density at radius 1 is 1.50 bits per heavy atom. The highest BCUT2D eigenvalue weighted by Gasteiger charge is 2.11. The highest BCUT2D eigenvalue weighted by atomic mass is 32.1. The molecule has 1 aromatic heterocycles. The number of rotatable bonds is 2. The van der Waals surface area contributed by atoms with Crippen molar-refractivity contribution in [2.75, 3.05) is 7.11 Å². The van der Waals surface area contributed by atoms with E-state index in [1.807, 2.05) is 18.2 Å². The van der Waals surface area contributed by atoms with E-state index >= 15 is 0 Å². The van der Waals surface area contributed by atoms with Crippen molar-refractivity contribution in [3.05, 3.63) is 23.1 Å². The lowest BCUT2D eigenvalue weighted by Crippen LogP contribution is -1.84. The maximum Gasteiger partial charge on any atom is 0.163 e. The van der Waals surface area contributed by atoms with E-state index in [1.54, 1.807) is 7.11 Å². The first-order chi connectivity index (χ1) is 6.76. The van der Waals surface area contributed by atoms with Crippen LogP contribution in [0.1, 0.15) is 9.67 Å². The predicted molar refractivity (Wildman–Crippen MR) is 61.0 cm³/mol. The molecular formula is C10H8O2S2. The molecule has 0 saturated heterocycles. The Hall–Kier alpha value is -1.00. The molecule has 0 spiro atoms. The Kier molecular flexibility index (Phi) is 2.48. The van der Waals surface area contributed by atoms with Crippen LogP contribution in [0.15, 0.2) is 23.1 Å². The molecule has 72 valence electrons. The minimum atomic E-state index is 0.626. The van der Waals surface area contributed by atoms with Crippen LogP contribution in [0.5, 0.6) is 5.75 Å². The van der Waals surface area contributed by atoms with Gasteiger partial charge in [0.25, 0.3) is 0 Å². The van der Waals surface area contributed by atoms with Gasteiger partial charge < -0.3 is 4.74 Å². The molecular weight excluding hydrogens is 216 g/mol. The van der Waals surface area contributed by atoms with Crippen molar-refractivity contribution in [3.8, 4) is 5.75 Å². The molecule has 2 nitrogen and oxygen atoms in total. The molecule has 0 amide bonds. The third-order valence-electron chi connectivity index (χ3n) is 1.96. The summed E-state index contributed by atoms with van der Waals surface area (Å²) in [4.78, 5) is 12.3. The second-order valence-electron chi connectivity index (χ2n) is 2.80. The van der Waals surface area contributed by atoms with Crippen LogP contribution in [0.3, 0.4) is 0 Å². The number of benzene rings is 1. The molecule has 0 bridgehead atoms. The summed E-state index contributed by atoms with van der Waals surface area (Å²) < 4.78 is 6.21. The maximum atomic E-state index is 10.8. The average molecular weight is 224 g/mol. The number of hydrogen-bond acceptors (Lipinski definition) is 4. The zero-order chi connectivity index (χ0) is 10.1. The van der Waals surface area contributed by atoms with Crippen molar-refractivity contribution in [2.24, 2.45) is 0 Å². The number of hydrogen-bond donors (Lipinski definition) is 1. The first-order valence-corrected chi connectivity index (χ1v) is 5.27. The van der Waals surface area contributed by atoms with Crippen molar-refractivity contribution in [1.29, 1.82) is 0 Å². The highest BCUT2D eigenvalue weighted by Crippen LogP contribution is 2.37. The molecule has 14 heavy (non-hydrogen) atoms. The molecule has 0 atom stereocenters. The van der Waals surface area contributed by atoms with E-state index in [9.17, 15) is 4.79 Å². The molecule has 0 unspecified atom stereocenters. The van der Waals surface area contributed by atoms with Gasteiger partial charge in [-0.25, -0.2) is 0 Å². The van der Waals surface area contributed by atoms with Crippen LogP contribution in [0, 0.1) is 0 Å². The van der Waals surface area contributed by atoms with E-state index < -0.39 is 0 Å². The summed E-state index contributed by atoms with van der Waals surface area (Å²) >= 11 is 5.66. The predicted octanol–water partition coefficient (Wildman–Crippen LogP) is 3.01. The Morgan fingerprint density at radius 3 is 2.93 bits per heavy atom. The van der Waals surface area contributed by atoms with Gasteiger partial charge in [-0.3, -0.25) is 4.79 Å². The van der Waals surface area contributed by atoms with Gasteiger partial charge in [0.15, 0.2) is 6.29 Å². The fourth-order valence-electron chi connectivity index (χ4n) is 1.37. The van der Waals surface area contributed by atoms with Crippen molar-refractivity contribution in [2.45, 2.75) is 4.90 Å². The lowest BCUT2D eigenvalue weighted by atomic mass is 10.2. The summed E-state index contributed by atoms with van der Waals surface area (Å²) in [5, 5.41) is 0.970. The molecule has 1 aromatic carbocycles. The Morgan fingerprint density at radius 2 is 2.29 bits per heavy atom. The van der Waals surface area contributed by atoms with Crippen LogP contribution in [0.25, 0.3) is 10.1 Å². The fourth-order valence-corrected chi connectivity index (χ4v) is 2.69. The fraction of sp³-hybridized carbons (Fsp3) is 0.100. The number of fused-ring (bicyclic) bond motifs is 1. The van der Waals surface area contributed by atoms with Gasteiger partial charge in [0.1, 0.15) is 10.6 Å². The van der Waals surface area contributed by atoms with Gasteiger partial charge in [-0.1, -0.05) is 0 Å². The second-order valence-corrected chi connectivity index (χ2v) is 4.40. The quantitative estimate of drug-likeness (QED) is 0.627. The second kappa shape index (κ2) is 3.63. The van der Waals surface area contributed by atoms with Crippen LogP contribution < -0.4 is 4.74 Å². The van der Waals surface area contributed by atoms with E-state index in [-0.39, 0.29) is 0 Å². The first-order valence-electron chi connectivity index (χ1n) is 4.01. The normalized spacial score (nSPS) is 10.4. The van der Waals surface area contributed by atoms with E-state index in [2.05, 4.69) is 12.6 Å². The van der Waals surface area contributed by atoms with E-state index in [4.69, 9.17) is 4.74 Å². The summed E-state index contributed by atoms with van der Waals surface area (Å²) in [6, 6.07) is 5.73. The summed E-state index contributed by atoms with van der Waals surface area (Å²) in [6.45, 7) is 0. The topological polar surface area (TPSA) is 26.3 Å². The molecule has 0 saturated carbocycles. The van der Waals surface area contributed by atoms with Gasteiger partial charge in [0, 0.05) is 15.0 Å². The summed E-state index contributed by atoms with van der Waals surface area (Å²) in [5.74, 6) is 0.660. The summed E-state index contributed by atoms with van der Waals surface area (Å²) in [6.07, 6.45) is 0.821. The maximum absolute atomic E-state index is 10.8. The van der Waals surface area contributed by atoms with Gasteiger partial charge in [-0.2, -0.15) is 0 Å². The molecule has 0 aliphatic rings. The summed E-state index contributed by atoms with van der Waals surface area (Å²) in [5.41, 5.74) is 0. The highest BCUT2D eigenvalue weighted by molar-refractivity contribution is 7.80. The van der Waals surface area contributed by atoms with Crippen molar-refractivity contribution in [1.82, 2.24) is 0 Å². The Labute approximate surface area is 90.9 Å². The molecule has 1 heterocycles. The number of thiophene rings is 1. The number of thiol groups is 1. The zero-order valence-corrected chi connectivity index (χ0v) is 9.19. The van der Waals surface area contributed by atoms with Gasteiger partial charge in [-0.05, 0) is 18.2 Å². The number of ether oxygens (including phenoxy) is 1. The van der Waals surface area contributed by atoms with Gasteiger partial charge in [-0.15, -0.1) is 24.0 Å². The number of carbonyl (C=O) groups is 1. The largest absolute Gasteiger partial charge is 0.494 e. The standard InChI is InChI=1S/C10H8O2S2/c1-12-10-7-3-2-6(13)4-8(7)14-9(10)5-11/h2-5,13H,1H3. The number of methoxy groups -OCH3 is 1. The molecule has 0 aliphatic heterocycles. The Balaban J connectivity index is 2.79. The van der Waals surface area contributed by atoms with E-state index in [0.717, 1.165) is 21.3 Å². The van der Waals surface area contributed by atoms with Gasteiger partial charge >= 0.3 is 0 Å². The van der Waals surface area contributed by atoms with Crippen LogP contribution in [-0.2, 0) is 0 Å². The number of carbonyl (C=O) groups excluding carboxylic acids is 1. The molecule has 0 fully saturated rings. The third kappa shape index (κ3) is 1.40. The lowest BCUT2D eigenvalue weighted by Gasteiger charge is -1.97. The molecule has 0 aliphatic carbocycles. The van der Waals surface area contributed by atoms with Crippen molar-refractivity contribution in [3.63, 3.8) is 0 Å². The smallest absolute Gasteiger partial charge is 0.163 e. The minimum absolute atomic E-state index is 0.626. The van der Waals surface area contributed by atoms with Crippen LogP contribution in [0.4, 0.5) is 0 Å². The van der Waals surface area contributed by atoms with Gasteiger partial charge in [0.2, 0.25) is 0 Å². The molecule has 2 aromatic rings. The van der Waals surface area contributed by atoms with Crippen LogP contribution in [0.2, 0.25) is 0 Å². The molecule has 0 N–H and O–H groups in total. The van der Waals surface area contributed by atoms with Crippen molar-refractivity contribution < 1.29 is 9.53 Å². The first kappa shape index (κ1) is 9.55. The van der Waals surface area contributed by atoms with Crippen LogP contribution >= 0.6 is 24.0 Å². The molecule has 0 radical (unpaired) electrons. The molecule has 2 rings (SSSR count). The Bertz CT molecular complexity index is 488. The molecule has 4 heteroatoms. The van der Waals surface area contributed by atoms with Gasteiger partial charge in [0.05, 0.1) is 7.11 Å². The van der Waals surface area contributed by atoms with Crippen LogP contribution in [-0.4, -0.2) is 13.4 Å².